The van der Waals surface area contributed by atoms with E-state index in [1.54, 1.807) is 0 Å². The molecule has 2 rings (SSSR count). The van der Waals surface area contributed by atoms with E-state index in [1.807, 2.05) is 30.3 Å². The van der Waals surface area contributed by atoms with Crippen molar-refractivity contribution >= 4 is 11.9 Å². The molecule has 0 unspecified atom stereocenters. The van der Waals surface area contributed by atoms with E-state index in [4.69, 9.17) is 2.74 Å². The van der Waals surface area contributed by atoms with E-state index >= 15 is 0 Å². The van der Waals surface area contributed by atoms with Crippen molar-refractivity contribution in [2.45, 2.75) is 31.3 Å². The summed E-state index contributed by atoms with van der Waals surface area (Å²) in [5.41, 5.74) is 0.934. The molecule has 1 saturated heterocycles. The molecule has 21 heavy (non-hydrogen) atoms. The Labute approximate surface area is 128 Å². The molecule has 1 heterocycles. The third-order valence-electron chi connectivity index (χ3n) is 3.82. The summed E-state index contributed by atoms with van der Waals surface area (Å²) in [4.78, 5) is 27.1. The Morgan fingerprint density at radius 3 is 2.76 bits per heavy atom. The minimum atomic E-state index is -0.988. The van der Waals surface area contributed by atoms with Gasteiger partial charge in [0.05, 0.1) is 6.04 Å². The molecule has 1 fully saturated rings. The largest absolute Gasteiger partial charge is 0.480 e. The molecular weight excluding hydrogens is 268 g/mol. The molecule has 5 heteroatoms. The highest BCUT2D eigenvalue weighted by molar-refractivity contribution is 5.87. The van der Waals surface area contributed by atoms with Gasteiger partial charge in [-0.1, -0.05) is 30.3 Å². The maximum Gasteiger partial charge on any atom is 0.326 e. The summed E-state index contributed by atoms with van der Waals surface area (Å²) in [5, 5.41) is 9.28. The van der Waals surface area contributed by atoms with Gasteiger partial charge in [0.15, 0.2) is 0 Å². The number of carbonyl (C=O) groups excluding carboxylic acids is 1. The van der Waals surface area contributed by atoms with Crippen molar-refractivity contribution in [2.24, 2.45) is 0 Å². The van der Waals surface area contributed by atoms with Gasteiger partial charge in [-0.25, -0.2) is 4.79 Å². The van der Waals surface area contributed by atoms with Crippen LogP contribution in [-0.4, -0.2) is 59.5 Å². The molecule has 114 valence electrons. The summed E-state index contributed by atoms with van der Waals surface area (Å²) in [6, 6.07) is 7.95. The van der Waals surface area contributed by atoms with Gasteiger partial charge in [0, 0.05) is 9.29 Å². The number of benzene rings is 1. The predicted octanol–water partition coefficient (Wildman–Crippen LogP) is 1.23. The SMILES string of the molecule is [2H]CN(C[2H])[C@@H](Cc1ccccc1)C(=O)N1CCC[C@H]1C(=O)O. The van der Waals surface area contributed by atoms with Crippen LogP contribution in [-0.2, 0) is 16.0 Å². The highest BCUT2D eigenvalue weighted by atomic mass is 16.4. The number of likely N-dealkylation sites (N-methyl/N-ethyl adjacent to an activating group) is 1. The average molecular weight is 292 g/mol. The molecule has 0 bridgehead atoms. The number of nitrogens with zero attached hydrogens (tertiary/aromatic N) is 2. The lowest BCUT2D eigenvalue weighted by atomic mass is 10.0. The van der Waals surface area contributed by atoms with Crippen molar-refractivity contribution in [2.75, 3.05) is 20.6 Å². The highest BCUT2D eigenvalue weighted by Gasteiger charge is 2.37. The molecule has 1 aromatic rings. The lowest BCUT2D eigenvalue weighted by Gasteiger charge is -2.30. The molecule has 2 atom stereocenters. The van der Waals surface area contributed by atoms with Crippen LogP contribution in [0, 0.1) is 0 Å². The van der Waals surface area contributed by atoms with Crippen LogP contribution >= 0.6 is 0 Å². The van der Waals surface area contributed by atoms with Crippen molar-refractivity contribution in [3.63, 3.8) is 0 Å². The summed E-state index contributed by atoms with van der Waals surface area (Å²) >= 11 is 0. The van der Waals surface area contributed by atoms with E-state index in [9.17, 15) is 14.7 Å². The maximum absolute atomic E-state index is 12.9. The van der Waals surface area contributed by atoms with Gasteiger partial charge in [-0.3, -0.25) is 9.69 Å². The van der Waals surface area contributed by atoms with Gasteiger partial charge in [0.1, 0.15) is 6.04 Å². The van der Waals surface area contributed by atoms with Gasteiger partial charge in [-0.15, -0.1) is 0 Å². The first-order valence-electron chi connectivity index (χ1n) is 8.39. The normalized spacial score (nSPS) is 21.0. The summed E-state index contributed by atoms with van der Waals surface area (Å²) < 4.78 is 15.1. The Morgan fingerprint density at radius 2 is 2.14 bits per heavy atom. The van der Waals surface area contributed by atoms with Crippen molar-refractivity contribution in [1.29, 1.82) is 0 Å². The van der Waals surface area contributed by atoms with Crippen molar-refractivity contribution in [3.8, 4) is 0 Å². The quantitative estimate of drug-likeness (QED) is 0.887. The van der Waals surface area contributed by atoms with E-state index in [1.165, 1.54) is 9.80 Å². The average Bonchev–Trinajstić information content (AvgIpc) is 3.05. The van der Waals surface area contributed by atoms with E-state index in [0.29, 0.717) is 25.8 Å². The molecule has 1 aromatic carbocycles. The van der Waals surface area contributed by atoms with Crippen LogP contribution in [0.4, 0.5) is 0 Å². The topological polar surface area (TPSA) is 60.9 Å². The molecule has 1 aliphatic rings. The molecule has 1 N–H and O–H groups in total. The van der Waals surface area contributed by atoms with Gasteiger partial charge in [0.2, 0.25) is 5.91 Å². The second-order valence-corrected chi connectivity index (χ2v) is 5.32. The van der Waals surface area contributed by atoms with Crippen LogP contribution in [0.3, 0.4) is 0 Å². The van der Waals surface area contributed by atoms with Crippen LogP contribution < -0.4 is 0 Å². The van der Waals surface area contributed by atoms with E-state index in [-0.39, 0.29) is 20.0 Å². The zero-order valence-electron chi connectivity index (χ0n) is 13.9. The van der Waals surface area contributed by atoms with Gasteiger partial charge in [-0.2, -0.15) is 0 Å². The molecule has 1 aliphatic heterocycles. The zero-order chi connectivity index (χ0) is 16.8. The molecule has 0 aromatic heterocycles. The molecule has 0 saturated carbocycles. The monoisotopic (exact) mass is 292 g/mol. The molecule has 0 radical (unpaired) electrons. The van der Waals surface area contributed by atoms with Crippen LogP contribution in [0.2, 0.25) is 0 Å². The molecule has 0 aliphatic carbocycles. The highest BCUT2D eigenvalue weighted by Crippen LogP contribution is 2.20. The van der Waals surface area contributed by atoms with Crippen molar-refractivity contribution in [1.82, 2.24) is 9.80 Å². The Balaban J connectivity index is 2.22. The second kappa shape index (κ2) is 6.72. The molecular formula is C16H22N2O3. The van der Waals surface area contributed by atoms with Gasteiger partial charge in [0.25, 0.3) is 0 Å². The number of carboxylic acid groups (broad SMARTS) is 1. The van der Waals surface area contributed by atoms with Crippen LogP contribution in [0.1, 0.15) is 21.1 Å². The minimum Gasteiger partial charge on any atom is -0.480 e. The standard InChI is InChI=1S/C16H22N2O3/c1-17(2)14(11-12-7-4-3-5-8-12)15(19)18-10-6-9-13(18)16(20)21/h3-5,7-8,13-14H,6,9-11H2,1-2H3,(H,20,21)/t13-,14-/m0/s1/i1D,2D. The Bertz CT molecular complexity index is 537. The van der Waals surface area contributed by atoms with Gasteiger partial charge >= 0.3 is 5.97 Å². The first kappa shape index (κ1) is 12.8. The molecule has 1 amide bonds. The fourth-order valence-corrected chi connectivity index (χ4v) is 2.69. The van der Waals surface area contributed by atoms with Crippen LogP contribution in [0.5, 0.6) is 0 Å². The number of aliphatic carboxylic acids is 1. The summed E-state index contributed by atoms with van der Waals surface area (Å²) in [6.45, 7) is 0.422. The number of hydrogen-bond donors (Lipinski definition) is 1. The Kier molecular flexibility index (Phi) is 4.10. The lowest BCUT2D eigenvalue weighted by molar-refractivity contribution is -0.150. The minimum absolute atomic E-state index is 0.168. The zero-order valence-corrected chi connectivity index (χ0v) is 11.9. The number of hydrogen-bond acceptors (Lipinski definition) is 3. The Hall–Kier alpha value is -1.88. The fraction of sp³-hybridized carbons (Fsp3) is 0.500. The van der Waals surface area contributed by atoms with Gasteiger partial charge < -0.3 is 10.0 Å². The van der Waals surface area contributed by atoms with Gasteiger partial charge in [-0.05, 0) is 38.9 Å². The summed E-state index contributed by atoms with van der Waals surface area (Å²) in [6.07, 6.45) is 1.50. The van der Waals surface area contributed by atoms with Crippen LogP contribution in [0.25, 0.3) is 0 Å². The van der Waals surface area contributed by atoms with E-state index in [0.717, 1.165) is 5.56 Å². The number of carboxylic acids is 1. The summed E-state index contributed by atoms with van der Waals surface area (Å²) in [7, 11) is -0.337. The number of carbonyl (C=O) groups is 2. The third-order valence-corrected chi connectivity index (χ3v) is 3.82. The second-order valence-electron chi connectivity index (χ2n) is 5.32. The van der Waals surface area contributed by atoms with E-state index in [2.05, 4.69) is 0 Å². The fourth-order valence-electron chi connectivity index (χ4n) is 2.69. The molecule has 5 nitrogen and oxygen atoms in total. The maximum atomic E-state index is 12.9. The van der Waals surface area contributed by atoms with Crippen LogP contribution in [0.15, 0.2) is 30.3 Å². The third kappa shape index (κ3) is 3.61. The predicted molar refractivity (Wildman–Crippen MR) is 80.0 cm³/mol. The van der Waals surface area contributed by atoms with E-state index < -0.39 is 18.1 Å². The smallest absolute Gasteiger partial charge is 0.326 e. The number of likely N-dealkylation sites (tertiary alicyclic amines) is 1. The first-order valence-corrected chi connectivity index (χ1v) is 6.98. The van der Waals surface area contributed by atoms with Crippen molar-refractivity contribution < 1.29 is 17.4 Å². The lowest BCUT2D eigenvalue weighted by Crippen LogP contribution is -2.50. The summed E-state index contributed by atoms with van der Waals surface area (Å²) in [5.74, 6) is -1.28. The Morgan fingerprint density at radius 1 is 1.43 bits per heavy atom. The van der Waals surface area contributed by atoms with Crippen molar-refractivity contribution in [3.05, 3.63) is 35.9 Å². The molecule has 0 spiro atoms. The first-order chi connectivity index (χ1) is 11.1. The number of rotatable bonds is 5. The number of amides is 1.